The van der Waals surface area contributed by atoms with Crippen LogP contribution in [0.2, 0.25) is 0 Å². The third-order valence-electron chi connectivity index (χ3n) is 1.25. The van der Waals surface area contributed by atoms with Crippen LogP contribution in [-0.4, -0.2) is 15.2 Å². The van der Waals surface area contributed by atoms with Gasteiger partial charge in [0.1, 0.15) is 6.20 Å². The van der Waals surface area contributed by atoms with Crippen molar-refractivity contribution in [3.63, 3.8) is 0 Å². The normalized spacial score (nSPS) is 10.0. The fraction of sp³-hybridized carbons (Fsp3) is 0. The third kappa shape index (κ3) is 0.719. The van der Waals surface area contributed by atoms with Gasteiger partial charge in [0.25, 0.3) is 0 Å². The van der Waals surface area contributed by atoms with E-state index in [0.717, 1.165) is 10.9 Å². The number of aromatic nitrogens is 3. The van der Waals surface area contributed by atoms with E-state index < -0.39 is 0 Å². The van der Waals surface area contributed by atoms with E-state index >= 15 is 0 Å². The Morgan fingerprint density at radius 1 is 1.40 bits per heavy atom. The highest BCUT2D eigenvalue weighted by Gasteiger charge is 1.89. The van der Waals surface area contributed by atoms with E-state index in [4.69, 9.17) is 0 Å². The lowest BCUT2D eigenvalue weighted by atomic mass is 10.3. The molecule has 0 atom stereocenters. The number of pyridine rings is 1. The summed E-state index contributed by atoms with van der Waals surface area (Å²) in [6.07, 6.45) is 6.06. The molecule has 2 aromatic rings. The summed E-state index contributed by atoms with van der Waals surface area (Å²) < 4.78 is 0. The van der Waals surface area contributed by atoms with E-state index in [0.29, 0.717) is 0 Å². The first-order chi connectivity index (χ1) is 4.97. The van der Waals surface area contributed by atoms with Gasteiger partial charge >= 0.3 is 0 Å². The molecule has 2 rings (SSSR count). The zero-order valence-corrected chi connectivity index (χ0v) is 5.15. The van der Waals surface area contributed by atoms with Crippen molar-refractivity contribution < 1.29 is 0 Å². The molecule has 0 aromatic carbocycles. The Balaban J connectivity index is 2.89. The summed E-state index contributed by atoms with van der Waals surface area (Å²) in [6.45, 7) is 0. The molecule has 0 unspecified atom stereocenters. The average molecular weight is 130 g/mol. The second-order valence-corrected chi connectivity index (χ2v) is 1.89. The van der Waals surface area contributed by atoms with Crippen molar-refractivity contribution in [1.82, 2.24) is 15.2 Å². The van der Waals surface area contributed by atoms with Crippen molar-refractivity contribution in [3.05, 3.63) is 30.7 Å². The second kappa shape index (κ2) is 2.02. The standard InChI is InChI=1S/C7H4N3/c1-2-6-4-9-10-5-7(6)8-3-1/h1-3,5H. The Hall–Kier alpha value is -1.51. The molecule has 47 valence electrons. The highest BCUT2D eigenvalue weighted by molar-refractivity contribution is 5.75. The minimum atomic E-state index is 0.831. The van der Waals surface area contributed by atoms with Crippen molar-refractivity contribution in [1.29, 1.82) is 0 Å². The van der Waals surface area contributed by atoms with E-state index in [1.165, 1.54) is 0 Å². The van der Waals surface area contributed by atoms with Gasteiger partial charge in [0.05, 0.1) is 11.7 Å². The number of hydrogen-bond donors (Lipinski definition) is 0. The summed E-state index contributed by atoms with van der Waals surface area (Å²) >= 11 is 0. The molecule has 0 bridgehead atoms. The van der Waals surface area contributed by atoms with Gasteiger partial charge in [-0.15, -0.1) is 5.10 Å². The van der Waals surface area contributed by atoms with E-state index in [1.807, 2.05) is 12.1 Å². The number of nitrogens with zero attached hydrogens (tertiary/aromatic N) is 3. The Morgan fingerprint density at radius 3 is 3.30 bits per heavy atom. The molecule has 0 fully saturated rings. The van der Waals surface area contributed by atoms with E-state index in [1.54, 1.807) is 12.4 Å². The van der Waals surface area contributed by atoms with E-state index in [9.17, 15) is 0 Å². The summed E-state index contributed by atoms with van der Waals surface area (Å²) in [4.78, 5) is 4.05. The number of fused-ring (bicyclic) bond motifs is 1. The second-order valence-electron chi connectivity index (χ2n) is 1.89. The topological polar surface area (TPSA) is 38.7 Å². The third-order valence-corrected chi connectivity index (χ3v) is 1.25. The first kappa shape index (κ1) is 5.29. The Labute approximate surface area is 57.7 Å². The molecule has 2 aromatic heterocycles. The molecule has 2 heterocycles. The van der Waals surface area contributed by atoms with Crippen LogP contribution in [0.4, 0.5) is 0 Å². The molecule has 0 saturated carbocycles. The molecule has 3 heteroatoms. The lowest BCUT2D eigenvalue weighted by Gasteiger charge is -1.89. The van der Waals surface area contributed by atoms with Crippen molar-refractivity contribution in [2.24, 2.45) is 0 Å². The van der Waals surface area contributed by atoms with Gasteiger partial charge in [-0.3, -0.25) is 4.98 Å². The summed E-state index contributed by atoms with van der Waals surface area (Å²) in [7, 11) is 0. The van der Waals surface area contributed by atoms with Crippen molar-refractivity contribution in [3.8, 4) is 0 Å². The molecule has 3 nitrogen and oxygen atoms in total. The lowest BCUT2D eigenvalue weighted by Crippen LogP contribution is -1.82. The SMILES string of the molecule is [c]1nncc2ncccc12. The van der Waals surface area contributed by atoms with Gasteiger partial charge in [0.15, 0.2) is 0 Å². The van der Waals surface area contributed by atoms with Gasteiger partial charge in [-0.25, -0.2) is 0 Å². The molecule has 0 aliphatic heterocycles. The summed E-state index contributed by atoms with van der Waals surface area (Å²) in [5.74, 6) is 0. The fourth-order valence-corrected chi connectivity index (χ4v) is 0.781. The molecule has 0 N–H and O–H groups in total. The highest BCUT2D eigenvalue weighted by Crippen LogP contribution is 2.03. The molecular weight excluding hydrogens is 126 g/mol. The minimum absolute atomic E-state index is 0.831. The average Bonchev–Trinajstić information content (AvgIpc) is 2.05. The van der Waals surface area contributed by atoms with Gasteiger partial charge in [-0.05, 0) is 12.1 Å². The number of hydrogen-bond acceptors (Lipinski definition) is 3. The molecule has 0 spiro atoms. The smallest absolute Gasteiger partial charge is 0.123 e. The highest BCUT2D eigenvalue weighted by atomic mass is 15.1. The number of rotatable bonds is 0. The first-order valence-electron chi connectivity index (χ1n) is 2.91. The minimum Gasteiger partial charge on any atom is -0.254 e. The maximum atomic E-state index is 4.05. The van der Waals surface area contributed by atoms with Crippen LogP contribution in [0.25, 0.3) is 10.9 Å². The van der Waals surface area contributed by atoms with Gasteiger partial charge in [-0.1, -0.05) is 0 Å². The Bertz CT molecular complexity index is 280. The fourth-order valence-electron chi connectivity index (χ4n) is 0.781. The first-order valence-corrected chi connectivity index (χ1v) is 2.91. The monoisotopic (exact) mass is 130 g/mol. The summed E-state index contributed by atoms with van der Waals surface area (Å²) in [5, 5.41) is 8.14. The Kier molecular flexibility index (Phi) is 1.07. The molecule has 1 radical (unpaired) electrons. The molecule has 0 aliphatic rings. The predicted molar refractivity (Wildman–Crippen MR) is 36.2 cm³/mol. The van der Waals surface area contributed by atoms with Crippen LogP contribution in [0.3, 0.4) is 0 Å². The van der Waals surface area contributed by atoms with Gasteiger partial charge in [-0.2, -0.15) is 5.10 Å². The molecule has 0 amide bonds. The lowest BCUT2D eigenvalue weighted by molar-refractivity contribution is 1.04. The van der Waals surface area contributed by atoms with Crippen LogP contribution < -0.4 is 0 Å². The summed E-state index contributed by atoms with van der Waals surface area (Å²) in [5.41, 5.74) is 0.831. The molecule has 0 aliphatic carbocycles. The van der Waals surface area contributed by atoms with Gasteiger partial charge in [0, 0.05) is 11.6 Å². The molecule has 10 heavy (non-hydrogen) atoms. The Morgan fingerprint density at radius 2 is 2.40 bits per heavy atom. The van der Waals surface area contributed by atoms with Gasteiger partial charge in [0.2, 0.25) is 0 Å². The van der Waals surface area contributed by atoms with Gasteiger partial charge < -0.3 is 0 Å². The molecule has 0 saturated heterocycles. The van der Waals surface area contributed by atoms with Crippen LogP contribution in [0.5, 0.6) is 0 Å². The summed E-state index contributed by atoms with van der Waals surface area (Å²) in [6, 6.07) is 3.75. The van der Waals surface area contributed by atoms with Crippen LogP contribution in [0.1, 0.15) is 0 Å². The maximum absolute atomic E-state index is 4.05. The van der Waals surface area contributed by atoms with Crippen LogP contribution in [0, 0.1) is 6.20 Å². The van der Waals surface area contributed by atoms with Crippen LogP contribution in [0.15, 0.2) is 24.5 Å². The van der Waals surface area contributed by atoms with Crippen molar-refractivity contribution >= 4 is 10.9 Å². The zero-order valence-electron chi connectivity index (χ0n) is 5.15. The van der Waals surface area contributed by atoms with E-state index in [-0.39, 0.29) is 0 Å². The quantitative estimate of drug-likeness (QED) is 0.530. The van der Waals surface area contributed by atoms with E-state index in [2.05, 4.69) is 21.4 Å². The zero-order chi connectivity index (χ0) is 6.81. The predicted octanol–water partition coefficient (Wildman–Crippen LogP) is 0.825. The van der Waals surface area contributed by atoms with Crippen molar-refractivity contribution in [2.75, 3.05) is 0 Å². The van der Waals surface area contributed by atoms with Crippen molar-refractivity contribution in [2.45, 2.75) is 0 Å². The van der Waals surface area contributed by atoms with Crippen LogP contribution >= 0.6 is 0 Å². The van der Waals surface area contributed by atoms with Crippen LogP contribution in [-0.2, 0) is 0 Å². The molecular formula is C7H4N3. The maximum Gasteiger partial charge on any atom is 0.123 e. The largest absolute Gasteiger partial charge is 0.254 e.